The average Bonchev–Trinajstić information content (AvgIpc) is 3.23. The highest BCUT2D eigenvalue weighted by molar-refractivity contribution is 7.71. The first-order valence-electron chi connectivity index (χ1n) is 11.1. The zero-order valence-corrected chi connectivity index (χ0v) is 20.6. The van der Waals surface area contributed by atoms with Crippen molar-refractivity contribution in [3.63, 3.8) is 0 Å². The summed E-state index contributed by atoms with van der Waals surface area (Å²) in [5, 5.41) is 11.6. The highest BCUT2D eigenvalue weighted by Gasteiger charge is 2.38. The first-order chi connectivity index (χ1) is 16.2. The summed E-state index contributed by atoms with van der Waals surface area (Å²) in [5.41, 5.74) is 5.28. The van der Waals surface area contributed by atoms with Gasteiger partial charge in [0.25, 0.3) is 5.56 Å². The van der Waals surface area contributed by atoms with Crippen LogP contribution in [-0.2, 0) is 6.42 Å². The van der Waals surface area contributed by atoms with E-state index in [0.29, 0.717) is 23.8 Å². The third-order valence-electron chi connectivity index (χ3n) is 6.65. The smallest absolute Gasteiger partial charge is 0.260 e. The second-order valence-electron chi connectivity index (χ2n) is 8.93. The lowest BCUT2D eigenvalue weighted by atomic mass is 9.87. The lowest BCUT2D eigenvalue weighted by Gasteiger charge is -2.36. The van der Waals surface area contributed by atoms with Gasteiger partial charge in [0.05, 0.1) is 24.4 Å². The van der Waals surface area contributed by atoms with Crippen LogP contribution in [0.2, 0.25) is 0 Å². The van der Waals surface area contributed by atoms with Gasteiger partial charge in [-0.1, -0.05) is 17.7 Å². The van der Waals surface area contributed by atoms with Crippen molar-refractivity contribution in [2.45, 2.75) is 33.2 Å². The lowest BCUT2D eigenvalue weighted by Crippen LogP contribution is -2.37. The van der Waals surface area contributed by atoms with Crippen molar-refractivity contribution in [1.29, 1.82) is 0 Å². The largest absolute Gasteiger partial charge is 0.494 e. The molecule has 178 valence electrons. The molecule has 0 aliphatic carbocycles. The Hall–Kier alpha value is -3.30. The van der Waals surface area contributed by atoms with Gasteiger partial charge in [-0.25, -0.2) is 0 Å². The summed E-state index contributed by atoms with van der Waals surface area (Å²) in [6, 6.07) is 5.42. The summed E-state index contributed by atoms with van der Waals surface area (Å²) in [6.45, 7) is 6.74. The number of ether oxygens (including phenoxy) is 3. The number of aromatic hydroxyl groups is 1. The van der Waals surface area contributed by atoms with Crippen molar-refractivity contribution >= 4 is 12.2 Å². The summed E-state index contributed by atoms with van der Waals surface area (Å²) in [5.74, 6) is 1.46. The fourth-order valence-corrected chi connectivity index (χ4v) is 5.59. The van der Waals surface area contributed by atoms with Crippen LogP contribution in [0.1, 0.15) is 39.4 Å². The number of rotatable bonds is 3. The molecule has 3 aromatic rings. The Labute approximate surface area is 202 Å². The van der Waals surface area contributed by atoms with E-state index in [0.717, 1.165) is 39.9 Å². The van der Waals surface area contributed by atoms with E-state index < -0.39 is 11.6 Å². The number of nitrogens with one attached hydrogen (secondary N) is 1. The van der Waals surface area contributed by atoms with E-state index in [4.69, 9.17) is 26.4 Å². The van der Waals surface area contributed by atoms with Gasteiger partial charge in [-0.15, -0.1) is 0 Å². The molecule has 0 amide bonds. The Morgan fingerprint density at radius 2 is 1.85 bits per heavy atom. The first-order valence-corrected chi connectivity index (χ1v) is 11.5. The molecule has 0 spiro atoms. The van der Waals surface area contributed by atoms with Crippen LogP contribution in [0.3, 0.4) is 0 Å². The number of aromatic nitrogens is 2. The van der Waals surface area contributed by atoms with Gasteiger partial charge >= 0.3 is 0 Å². The summed E-state index contributed by atoms with van der Waals surface area (Å²) in [7, 11) is 3.49. The van der Waals surface area contributed by atoms with Gasteiger partial charge < -0.3 is 19.3 Å². The molecule has 2 aromatic carbocycles. The SMILES string of the molecule is COc1c2c(cc3c1[C@@H](c1c(O)n(-c4c(C)cc(C)cc4C)c(=S)[nH]c1=O)N(C)CC3)OCO2. The second-order valence-corrected chi connectivity index (χ2v) is 9.32. The molecule has 2 aliphatic heterocycles. The van der Waals surface area contributed by atoms with Crippen LogP contribution in [0.15, 0.2) is 23.0 Å². The van der Waals surface area contributed by atoms with Gasteiger partial charge in [-0.2, -0.15) is 0 Å². The van der Waals surface area contributed by atoms with Crippen molar-refractivity contribution in [3.05, 3.63) is 66.7 Å². The van der Waals surface area contributed by atoms with Crippen molar-refractivity contribution in [1.82, 2.24) is 14.5 Å². The van der Waals surface area contributed by atoms with Gasteiger partial charge in [-0.05, 0) is 69.2 Å². The molecule has 9 heteroatoms. The number of aryl methyl sites for hydroxylation is 3. The molecule has 0 bridgehead atoms. The lowest BCUT2D eigenvalue weighted by molar-refractivity contribution is 0.170. The Kier molecular flexibility index (Phi) is 5.41. The fourth-order valence-electron chi connectivity index (χ4n) is 5.32. The van der Waals surface area contributed by atoms with E-state index in [1.807, 2.05) is 50.9 Å². The van der Waals surface area contributed by atoms with Crippen LogP contribution in [0.5, 0.6) is 23.1 Å². The van der Waals surface area contributed by atoms with Crippen LogP contribution in [-0.4, -0.2) is 47.1 Å². The zero-order valence-electron chi connectivity index (χ0n) is 19.8. The third kappa shape index (κ3) is 3.30. The molecule has 0 saturated carbocycles. The molecule has 5 rings (SSSR count). The molecule has 0 unspecified atom stereocenters. The normalized spacial score (nSPS) is 17.0. The molecule has 2 aliphatic rings. The van der Waals surface area contributed by atoms with E-state index in [2.05, 4.69) is 4.98 Å². The van der Waals surface area contributed by atoms with Crippen LogP contribution in [0.4, 0.5) is 0 Å². The summed E-state index contributed by atoms with van der Waals surface area (Å²) in [4.78, 5) is 18.2. The molecule has 8 nitrogen and oxygen atoms in total. The second kappa shape index (κ2) is 8.18. The molecule has 1 aromatic heterocycles. The maximum absolute atomic E-state index is 13.3. The fraction of sp³-hybridized carbons (Fsp3) is 0.360. The molecule has 0 radical (unpaired) electrons. The Morgan fingerprint density at radius 3 is 2.53 bits per heavy atom. The summed E-state index contributed by atoms with van der Waals surface area (Å²) >= 11 is 5.52. The minimum absolute atomic E-state index is 0.109. The topological polar surface area (TPSA) is 89.0 Å². The molecule has 1 atom stereocenters. The first kappa shape index (κ1) is 22.5. The van der Waals surface area contributed by atoms with Crippen LogP contribution >= 0.6 is 12.2 Å². The van der Waals surface area contributed by atoms with E-state index in [1.165, 1.54) is 0 Å². The molecule has 3 heterocycles. The minimum Gasteiger partial charge on any atom is -0.494 e. The minimum atomic E-state index is -0.579. The molecule has 34 heavy (non-hydrogen) atoms. The third-order valence-corrected chi connectivity index (χ3v) is 6.93. The van der Waals surface area contributed by atoms with Crippen molar-refractivity contribution in [3.8, 4) is 28.8 Å². The number of likely N-dealkylation sites (N-methyl/N-ethyl adjacent to an activating group) is 1. The predicted molar refractivity (Wildman–Crippen MR) is 130 cm³/mol. The number of nitrogens with zero attached hydrogens (tertiary/aromatic N) is 2. The van der Waals surface area contributed by atoms with Crippen molar-refractivity contribution in [2.24, 2.45) is 0 Å². The average molecular weight is 482 g/mol. The molecular weight excluding hydrogens is 454 g/mol. The van der Waals surface area contributed by atoms with E-state index in [9.17, 15) is 9.90 Å². The monoisotopic (exact) mass is 481 g/mol. The van der Waals surface area contributed by atoms with Gasteiger partial charge in [0.15, 0.2) is 16.3 Å². The van der Waals surface area contributed by atoms with Crippen LogP contribution < -0.4 is 19.8 Å². The number of fused-ring (bicyclic) bond motifs is 2. The van der Waals surface area contributed by atoms with Crippen molar-refractivity contribution in [2.75, 3.05) is 27.5 Å². The van der Waals surface area contributed by atoms with Gasteiger partial charge in [-0.3, -0.25) is 19.2 Å². The number of benzene rings is 2. The Bertz CT molecular complexity index is 1420. The molecule has 0 saturated heterocycles. The Morgan fingerprint density at radius 1 is 1.15 bits per heavy atom. The highest BCUT2D eigenvalue weighted by Crippen LogP contribution is 2.51. The summed E-state index contributed by atoms with van der Waals surface area (Å²) < 4.78 is 18.7. The van der Waals surface area contributed by atoms with E-state index in [1.54, 1.807) is 11.7 Å². The quantitative estimate of drug-likeness (QED) is 0.550. The predicted octanol–water partition coefficient (Wildman–Crippen LogP) is 3.84. The van der Waals surface area contributed by atoms with E-state index in [-0.39, 0.29) is 23.0 Å². The zero-order chi connectivity index (χ0) is 24.3. The maximum atomic E-state index is 13.3. The number of hydrogen-bond acceptors (Lipinski definition) is 7. The van der Waals surface area contributed by atoms with Crippen LogP contribution in [0.25, 0.3) is 5.69 Å². The number of methoxy groups -OCH3 is 1. The molecule has 0 fully saturated rings. The maximum Gasteiger partial charge on any atom is 0.260 e. The van der Waals surface area contributed by atoms with Gasteiger partial charge in [0.1, 0.15) is 0 Å². The highest BCUT2D eigenvalue weighted by atomic mass is 32.1. The summed E-state index contributed by atoms with van der Waals surface area (Å²) in [6.07, 6.45) is 0.739. The standard InChI is InChI=1S/C25H27N3O5S/c1-12-8-13(2)19(14(3)9-12)28-24(30)18(23(29)26-25(28)34)20-17-15(6-7-27(20)4)10-16-21(22(17)31-5)33-11-32-16/h8-10,20,30H,6-7,11H2,1-5H3,(H,26,29,34)/t20-/m0/s1. The Balaban J connectivity index is 1.82. The van der Waals surface area contributed by atoms with Crippen molar-refractivity contribution < 1.29 is 19.3 Å². The van der Waals surface area contributed by atoms with Crippen LogP contribution in [0, 0.1) is 25.5 Å². The number of hydrogen-bond donors (Lipinski definition) is 2. The number of H-pyrrole nitrogens is 1. The van der Waals surface area contributed by atoms with Gasteiger partial charge in [0, 0.05) is 12.1 Å². The molecule has 2 N–H and O–H groups in total. The van der Waals surface area contributed by atoms with Gasteiger partial charge in [0.2, 0.25) is 18.4 Å². The number of aromatic amines is 1. The molecular formula is C25H27N3O5S. The van der Waals surface area contributed by atoms with E-state index >= 15 is 0 Å².